The van der Waals surface area contributed by atoms with Crippen LogP contribution in [0.15, 0.2) is 0 Å². The molecule has 6 atom stereocenters. The predicted molar refractivity (Wildman–Crippen MR) is 400 cm³/mol. The number of phosphoric acid groups is 2. The maximum Gasteiger partial charge on any atom is 0.472 e. The smallest absolute Gasteiger partial charge is 0.462 e. The minimum Gasteiger partial charge on any atom is -0.462 e. The Morgan fingerprint density at radius 1 is 0.286 bits per heavy atom. The molecule has 0 radical (unpaired) electrons. The van der Waals surface area contributed by atoms with Crippen molar-refractivity contribution in [1.29, 1.82) is 0 Å². The summed E-state index contributed by atoms with van der Waals surface area (Å²) in [5.74, 6) is 0.965. The number of esters is 4. The molecule has 3 unspecified atom stereocenters. The van der Waals surface area contributed by atoms with Crippen LogP contribution in [0.3, 0.4) is 0 Å². The molecule has 0 saturated heterocycles. The van der Waals surface area contributed by atoms with Gasteiger partial charge in [-0.3, -0.25) is 37.3 Å². The van der Waals surface area contributed by atoms with Gasteiger partial charge in [0.2, 0.25) is 0 Å². The van der Waals surface area contributed by atoms with Crippen LogP contribution in [0.25, 0.3) is 0 Å². The lowest BCUT2D eigenvalue weighted by Crippen LogP contribution is -2.30. The minimum atomic E-state index is -4.96. The number of unbranched alkanes of at least 4 members (excludes halogenated alkanes) is 41. The first-order valence-electron chi connectivity index (χ1n) is 40.7. The van der Waals surface area contributed by atoms with E-state index in [1.54, 1.807) is 0 Å². The fourth-order valence-electron chi connectivity index (χ4n) is 12.0. The fraction of sp³-hybridized carbons (Fsp3) is 0.949. The molecule has 98 heavy (non-hydrogen) atoms. The first kappa shape index (κ1) is 96.1. The minimum absolute atomic E-state index is 0.106. The van der Waals surface area contributed by atoms with Crippen molar-refractivity contribution < 1.29 is 80.2 Å². The highest BCUT2D eigenvalue weighted by molar-refractivity contribution is 7.47. The molecule has 0 aliphatic heterocycles. The van der Waals surface area contributed by atoms with Gasteiger partial charge in [-0.2, -0.15) is 0 Å². The first-order valence-corrected chi connectivity index (χ1v) is 43.7. The Kier molecular flexibility index (Phi) is 66.8. The van der Waals surface area contributed by atoms with E-state index in [4.69, 9.17) is 37.0 Å². The van der Waals surface area contributed by atoms with Crippen molar-refractivity contribution in [2.24, 2.45) is 23.7 Å². The van der Waals surface area contributed by atoms with Gasteiger partial charge in [0.1, 0.15) is 19.3 Å². The lowest BCUT2D eigenvalue weighted by atomic mass is 9.99. The van der Waals surface area contributed by atoms with E-state index in [1.165, 1.54) is 199 Å². The van der Waals surface area contributed by atoms with E-state index in [0.29, 0.717) is 31.6 Å². The predicted octanol–water partition coefficient (Wildman–Crippen LogP) is 23.2. The third kappa shape index (κ3) is 71.1. The van der Waals surface area contributed by atoms with Crippen LogP contribution >= 0.6 is 15.6 Å². The van der Waals surface area contributed by atoms with Gasteiger partial charge in [-0.15, -0.1) is 0 Å². The molecule has 0 aromatic carbocycles. The maximum absolute atomic E-state index is 13.1. The molecule has 582 valence electrons. The molecule has 0 aliphatic rings. The van der Waals surface area contributed by atoms with Crippen LogP contribution in [0.5, 0.6) is 0 Å². The molecule has 0 fully saturated rings. The van der Waals surface area contributed by atoms with Gasteiger partial charge >= 0.3 is 39.5 Å². The SMILES string of the molecule is CCC(C)CCCCCCCCCCCCCCCCC(=O)O[C@H](COC(=O)CCCCCCCCC(C)C)COP(=O)(O)OC[C@H](O)COP(=O)(O)OC[C@@H](COC(=O)CCCCCCCCCCCCCCCCCC(C)C)OC(=O)CCCCCCCCCCCCC(C)C. The number of hydrogen-bond donors (Lipinski definition) is 3. The van der Waals surface area contributed by atoms with Gasteiger partial charge in [0.05, 0.1) is 26.4 Å². The molecular formula is C79H154O17P2. The number of phosphoric ester groups is 2. The molecule has 0 bridgehead atoms. The van der Waals surface area contributed by atoms with Gasteiger partial charge in [-0.05, 0) is 49.4 Å². The Hall–Kier alpha value is -1.94. The summed E-state index contributed by atoms with van der Waals surface area (Å²) in [5, 5.41) is 10.6. The number of carbonyl (C=O) groups excluding carboxylic acids is 4. The number of rotatable bonds is 76. The number of aliphatic hydroxyl groups excluding tert-OH is 1. The summed E-state index contributed by atoms with van der Waals surface area (Å²) in [6.07, 6.45) is 54.2. The number of ether oxygens (including phenoxy) is 4. The van der Waals surface area contributed by atoms with Crippen LogP contribution in [0, 0.1) is 23.7 Å². The summed E-state index contributed by atoms with van der Waals surface area (Å²) in [7, 11) is -9.92. The third-order valence-corrected chi connectivity index (χ3v) is 20.6. The van der Waals surface area contributed by atoms with Gasteiger partial charge in [-0.25, -0.2) is 9.13 Å². The van der Waals surface area contributed by atoms with Crippen LogP contribution < -0.4 is 0 Å². The van der Waals surface area contributed by atoms with Crippen molar-refractivity contribution in [3.05, 3.63) is 0 Å². The van der Waals surface area contributed by atoms with Gasteiger partial charge in [0.15, 0.2) is 12.2 Å². The zero-order valence-electron chi connectivity index (χ0n) is 64.4. The van der Waals surface area contributed by atoms with Crippen molar-refractivity contribution in [3.63, 3.8) is 0 Å². The molecule has 3 N–H and O–H groups in total. The number of carbonyl (C=O) groups is 4. The molecule has 0 amide bonds. The van der Waals surface area contributed by atoms with Crippen molar-refractivity contribution >= 4 is 39.5 Å². The third-order valence-electron chi connectivity index (χ3n) is 18.7. The molecule has 0 aromatic heterocycles. The molecule has 0 saturated carbocycles. The van der Waals surface area contributed by atoms with Crippen molar-refractivity contribution in [3.8, 4) is 0 Å². The van der Waals surface area contributed by atoms with Crippen LogP contribution in [-0.4, -0.2) is 96.7 Å². The Balaban J connectivity index is 5.20. The van der Waals surface area contributed by atoms with E-state index < -0.39 is 97.5 Å². The molecular weight excluding hydrogens is 1280 g/mol. The highest BCUT2D eigenvalue weighted by Crippen LogP contribution is 2.45. The van der Waals surface area contributed by atoms with E-state index >= 15 is 0 Å². The highest BCUT2D eigenvalue weighted by atomic mass is 31.2. The van der Waals surface area contributed by atoms with Crippen molar-refractivity contribution in [2.75, 3.05) is 39.6 Å². The van der Waals surface area contributed by atoms with Gasteiger partial charge < -0.3 is 33.8 Å². The zero-order chi connectivity index (χ0) is 72.4. The Morgan fingerprint density at radius 2 is 0.490 bits per heavy atom. The molecule has 0 aromatic rings. The molecule has 0 heterocycles. The van der Waals surface area contributed by atoms with Crippen LogP contribution in [-0.2, 0) is 65.4 Å². The molecule has 0 aliphatic carbocycles. The largest absolute Gasteiger partial charge is 0.472 e. The normalized spacial score (nSPS) is 14.3. The van der Waals surface area contributed by atoms with Gasteiger partial charge in [0, 0.05) is 25.7 Å². The summed E-state index contributed by atoms with van der Waals surface area (Å²) in [6.45, 7) is 14.2. The van der Waals surface area contributed by atoms with Crippen molar-refractivity contribution in [1.82, 2.24) is 0 Å². The summed E-state index contributed by atoms with van der Waals surface area (Å²) in [5.41, 5.74) is 0. The van der Waals surface area contributed by atoms with E-state index in [0.717, 1.165) is 114 Å². The summed E-state index contributed by atoms with van der Waals surface area (Å²) >= 11 is 0. The molecule has 0 rings (SSSR count). The van der Waals surface area contributed by atoms with E-state index in [2.05, 4.69) is 55.4 Å². The Bertz CT molecular complexity index is 1920. The second-order valence-corrected chi connectivity index (χ2v) is 33.0. The molecule has 17 nitrogen and oxygen atoms in total. The summed E-state index contributed by atoms with van der Waals surface area (Å²) in [6, 6.07) is 0. The van der Waals surface area contributed by atoms with Gasteiger partial charge in [-0.1, -0.05) is 351 Å². The summed E-state index contributed by atoms with van der Waals surface area (Å²) < 4.78 is 68.6. The zero-order valence-corrected chi connectivity index (χ0v) is 66.2. The number of hydrogen-bond acceptors (Lipinski definition) is 15. The molecule has 19 heteroatoms. The average Bonchev–Trinajstić information content (AvgIpc) is 1.17. The standard InChI is InChI=1S/C79H154O17P2/c1-9-72(8)58-50-42-33-27-20-16-13-14-18-22-29-35-45-53-61-78(83)96-75(66-90-77(82)60-52-44-38-37-41-49-57-71(6)7)68-94-98(87,88)92-64-73(80)63-91-97(85,86)93-67-74(95-79(84)62-54-46-36-30-24-23-26-32-40-48-56-70(4)5)65-89-76(81)59-51-43-34-28-21-17-12-10-11-15-19-25-31-39-47-55-69(2)3/h69-75,80H,9-68H2,1-8H3,(H,85,86)(H,87,88)/t72?,73-,74-,75-/m1/s1. The summed E-state index contributed by atoms with van der Waals surface area (Å²) in [4.78, 5) is 72.9. The lowest BCUT2D eigenvalue weighted by molar-refractivity contribution is -0.161. The Morgan fingerprint density at radius 3 is 0.724 bits per heavy atom. The topological polar surface area (TPSA) is 237 Å². The average molecular weight is 1440 g/mol. The number of aliphatic hydroxyl groups is 1. The van der Waals surface area contributed by atoms with E-state index in [9.17, 15) is 43.2 Å². The molecule has 0 spiro atoms. The van der Waals surface area contributed by atoms with Crippen molar-refractivity contribution in [2.45, 2.75) is 420 Å². The van der Waals surface area contributed by atoms with E-state index in [-0.39, 0.29) is 25.7 Å². The fourth-order valence-corrected chi connectivity index (χ4v) is 13.6. The van der Waals surface area contributed by atoms with Crippen LogP contribution in [0.4, 0.5) is 0 Å². The monoisotopic (exact) mass is 1440 g/mol. The Labute approximate surface area is 600 Å². The van der Waals surface area contributed by atoms with Gasteiger partial charge in [0.25, 0.3) is 0 Å². The van der Waals surface area contributed by atoms with Crippen LogP contribution in [0.2, 0.25) is 0 Å². The lowest BCUT2D eigenvalue weighted by Gasteiger charge is -2.21. The highest BCUT2D eigenvalue weighted by Gasteiger charge is 2.30. The second-order valence-electron chi connectivity index (χ2n) is 30.1. The maximum atomic E-state index is 13.1. The van der Waals surface area contributed by atoms with Crippen LogP contribution in [0.1, 0.15) is 402 Å². The van der Waals surface area contributed by atoms with E-state index in [1.807, 2.05) is 0 Å². The second kappa shape index (κ2) is 68.2. The first-order chi connectivity index (χ1) is 47.1. The quantitative estimate of drug-likeness (QED) is 0.0222.